The molecule has 0 saturated heterocycles. The largest absolute Gasteiger partial charge is 0.391 e. The topological polar surface area (TPSA) is 55.0 Å². The summed E-state index contributed by atoms with van der Waals surface area (Å²) in [5, 5.41) is 15.4. The molecule has 0 aliphatic heterocycles. The number of fused-ring (bicyclic) bond motifs is 1. The minimum Gasteiger partial charge on any atom is -0.391 e. The Hall–Kier alpha value is -2.11. The first-order chi connectivity index (χ1) is 12.1. The van der Waals surface area contributed by atoms with Crippen molar-refractivity contribution < 1.29 is 5.11 Å². The van der Waals surface area contributed by atoms with E-state index in [2.05, 4.69) is 57.7 Å². The maximum Gasteiger partial charge on any atom is 0.0945 e. The number of nitrogens with zero attached hydrogens (tertiary/aromatic N) is 3. The van der Waals surface area contributed by atoms with Gasteiger partial charge in [0.2, 0.25) is 0 Å². The van der Waals surface area contributed by atoms with Crippen LogP contribution < -0.4 is 5.32 Å². The first-order valence-electron chi connectivity index (χ1n) is 9.03. The lowest BCUT2D eigenvalue weighted by molar-refractivity contribution is 0.145. The van der Waals surface area contributed by atoms with Gasteiger partial charge in [-0.05, 0) is 37.3 Å². The highest BCUT2D eigenvalue weighted by Crippen LogP contribution is 2.29. The van der Waals surface area contributed by atoms with Gasteiger partial charge in [-0.3, -0.25) is 0 Å². The van der Waals surface area contributed by atoms with Crippen molar-refractivity contribution in [3.05, 3.63) is 54.2 Å². The van der Waals surface area contributed by atoms with E-state index in [1.807, 2.05) is 18.7 Å². The number of benzene rings is 1. The number of aromatic nitrogens is 3. The molecule has 4 rings (SSSR count). The van der Waals surface area contributed by atoms with Gasteiger partial charge in [-0.25, -0.2) is 4.98 Å². The summed E-state index contributed by atoms with van der Waals surface area (Å²) in [4.78, 5) is 4.10. The SMILES string of the molecule is Cc1c(CN[C@@H]2CC(Cn3ccnc3)C[C@H]2O)n(C)c2ccccc12. The van der Waals surface area contributed by atoms with E-state index in [9.17, 15) is 5.11 Å². The molecule has 2 N–H and O–H groups in total. The molecule has 0 amide bonds. The van der Waals surface area contributed by atoms with Gasteiger partial charge in [-0.15, -0.1) is 0 Å². The maximum atomic E-state index is 10.5. The highest BCUT2D eigenvalue weighted by Gasteiger charge is 2.32. The first-order valence-corrected chi connectivity index (χ1v) is 9.03. The summed E-state index contributed by atoms with van der Waals surface area (Å²) < 4.78 is 4.37. The fourth-order valence-electron chi connectivity index (χ4n) is 4.29. The molecule has 1 aromatic carbocycles. The Kier molecular flexibility index (Phi) is 4.36. The maximum absolute atomic E-state index is 10.5. The molecule has 3 aromatic rings. The lowest BCUT2D eigenvalue weighted by Crippen LogP contribution is -2.35. The number of hydrogen-bond donors (Lipinski definition) is 2. The fourth-order valence-corrected chi connectivity index (χ4v) is 4.29. The molecule has 0 radical (unpaired) electrons. The quantitative estimate of drug-likeness (QED) is 0.752. The van der Waals surface area contributed by atoms with Crippen LogP contribution in [-0.2, 0) is 20.1 Å². The Morgan fingerprint density at radius 3 is 2.88 bits per heavy atom. The Balaban J connectivity index is 1.43. The second kappa shape index (κ2) is 6.65. The van der Waals surface area contributed by atoms with Crippen molar-refractivity contribution >= 4 is 10.9 Å². The standard InChI is InChI=1S/C20H26N4O/c1-14-16-5-3-4-6-18(16)23(2)19(14)11-22-17-9-15(10-20(17)25)12-24-8-7-21-13-24/h3-8,13,15,17,20,22,25H,9-12H2,1-2H3/t15?,17-,20-/m1/s1. The molecule has 0 spiro atoms. The van der Waals surface area contributed by atoms with E-state index in [1.54, 1.807) is 0 Å². The number of hydrogen-bond acceptors (Lipinski definition) is 3. The molecule has 132 valence electrons. The monoisotopic (exact) mass is 338 g/mol. The number of aliphatic hydroxyl groups is 1. The van der Waals surface area contributed by atoms with Crippen molar-refractivity contribution in [2.45, 2.75) is 45.0 Å². The van der Waals surface area contributed by atoms with Gasteiger partial charge in [0.05, 0.1) is 12.4 Å². The van der Waals surface area contributed by atoms with Crippen LogP contribution in [0.15, 0.2) is 43.0 Å². The van der Waals surface area contributed by atoms with Crippen molar-refractivity contribution in [2.24, 2.45) is 13.0 Å². The number of rotatable bonds is 5. The summed E-state index contributed by atoms with van der Waals surface area (Å²) in [6, 6.07) is 8.68. The van der Waals surface area contributed by atoms with Crippen LogP contribution in [0.25, 0.3) is 10.9 Å². The first kappa shape index (κ1) is 16.4. The fraction of sp³-hybridized carbons (Fsp3) is 0.450. The van der Waals surface area contributed by atoms with Crippen LogP contribution >= 0.6 is 0 Å². The summed E-state index contributed by atoms with van der Waals surface area (Å²) in [6.07, 6.45) is 7.23. The summed E-state index contributed by atoms with van der Waals surface area (Å²) in [5.41, 5.74) is 3.89. The number of aliphatic hydroxyl groups excluding tert-OH is 1. The van der Waals surface area contributed by atoms with Crippen LogP contribution in [0.1, 0.15) is 24.1 Å². The predicted octanol–water partition coefficient (Wildman–Crippen LogP) is 2.61. The van der Waals surface area contributed by atoms with Gasteiger partial charge in [0, 0.05) is 55.2 Å². The molecular formula is C20H26N4O. The molecule has 25 heavy (non-hydrogen) atoms. The second-order valence-corrected chi connectivity index (χ2v) is 7.30. The van der Waals surface area contributed by atoms with E-state index in [1.165, 1.54) is 22.2 Å². The smallest absolute Gasteiger partial charge is 0.0945 e. The van der Waals surface area contributed by atoms with E-state index in [0.717, 1.165) is 25.9 Å². The molecule has 1 aliphatic rings. The van der Waals surface area contributed by atoms with Crippen LogP contribution in [0.5, 0.6) is 0 Å². The van der Waals surface area contributed by atoms with Gasteiger partial charge in [-0.2, -0.15) is 0 Å². The van der Waals surface area contributed by atoms with Crippen LogP contribution in [0.4, 0.5) is 0 Å². The van der Waals surface area contributed by atoms with Crippen molar-refractivity contribution in [1.29, 1.82) is 0 Å². The Morgan fingerprint density at radius 2 is 2.12 bits per heavy atom. The third-order valence-corrected chi connectivity index (χ3v) is 5.69. The van der Waals surface area contributed by atoms with E-state index in [4.69, 9.17) is 0 Å². The normalized spacial score (nSPS) is 23.6. The third kappa shape index (κ3) is 3.10. The Labute approximate surface area is 148 Å². The minimum atomic E-state index is -0.275. The molecule has 1 unspecified atom stereocenters. The van der Waals surface area contributed by atoms with Gasteiger partial charge in [-0.1, -0.05) is 18.2 Å². The summed E-state index contributed by atoms with van der Waals surface area (Å²) in [7, 11) is 2.12. The van der Waals surface area contributed by atoms with Gasteiger partial charge >= 0.3 is 0 Å². The molecule has 1 aliphatic carbocycles. The average Bonchev–Trinajstić information content (AvgIpc) is 3.29. The highest BCUT2D eigenvalue weighted by atomic mass is 16.3. The van der Waals surface area contributed by atoms with Crippen molar-refractivity contribution in [3.8, 4) is 0 Å². The predicted molar refractivity (Wildman–Crippen MR) is 99.2 cm³/mol. The van der Waals surface area contributed by atoms with Gasteiger partial charge < -0.3 is 19.6 Å². The number of nitrogens with one attached hydrogen (secondary N) is 1. The minimum absolute atomic E-state index is 0.158. The summed E-state index contributed by atoms with van der Waals surface area (Å²) >= 11 is 0. The van der Waals surface area contributed by atoms with E-state index in [-0.39, 0.29) is 12.1 Å². The average molecular weight is 338 g/mol. The molecule has 5 heteroatoms. The zero-order valence-corrected chi connectivity index (χ0v) is 14.9. The highest BCUT2D eigenvalue weighted by molar-refractivity contribution is 5.85. The molecule has 0 bridgehead atoms. The number of aryl methyl sites for hydroxylation is 2. The van der Waals surface area contributed by atoms with Gasteiger partial charge in [0.1, 0.15) is 0 Å². The molecular weight excluding hydrogens is 312 g/mol. The van der Waals surface area contributed by atoms with Crippen molar-refractivity contribution in [3.63, 3.8) is 0 Å². The van der Waals surface area contributed by atoms with Crippen LogP contribution in [0.3, 0.4) is 0 Å². The molecule has 1 fully saturated rings. The molecule has 2 heterocycles. The Bertz CT molecular complexity index is 813. The molecule has 5 nitrogen and oxygen atoms in total. The lowest BCUT2D eigenvalue weighted by atomic mass is 10.1. The van der Waals surface area contributed by atoms with Crippen molar-refractivity contribution in [1.82, 2.24) is 19.4 Å². The zero-order valence-electron chi connectivity index (χ0n) is 14.9. The third-order valence-electron chi connectivity index (χ3n) is 5.69. The molecule has 2 aromatic heterocycles. The second-order valence-electron chi connectivity index (χ2n) is 7.30. The van der Waals surface area contributed by atoms with E-state index < -0.39 is 0 Å². The molecule has 3 atom stereocenters. The van der Waals surface area contributed by atoms with Crippen molar-refractivity contribution in [2.75, 3.05) is 0 Å². The summed E-state index contributed by atoms with van der Waals surface area (Å²) in [6.45, 7) is 3.91. The van der Waals surface area contributed by atoms with Crippen LogP contribution in [0.2, 0.25) is 0 Å². The Morgan fingerprint density at radius 1 is 1.28 bits per heavy atom. The van der Waals surface area contributed by atoms with E-state index in [0.29, 0.717) is 5.92 Å². The van der Waals surface area contributed by atoms with Crippen LogP contribution in [-0.4, -0.2) is 31.4 Å². The number of para-hydroxylation sites is 1. The molecule has 1 saturated carbocycles. The van der Waals surface area contributed by atoms with E-state index >= 15 is 0 Å². The van der Waals surface area contributed by atoms with Crippen LogP contribution in [0, 0.1) is 12.8 Å². The number of imidazole rings is 1. The lowest BCUT2D eigenvalue weighted by Gasteiger charge is -2.17. The zero-order chi connectivity index (χ0) is 17.4. The van der Waals surface area contributed by atoms with Gasteiger partial charge in [0.15, 0.2) is 0 Å². The van der Waals surface area contributed by atoms with Gasteiger partial charge in [0.25, 0.3) is 0 Å². The summed E-state index contributed by atoms with van der Waals surface area (Å²) in [5.74, 6) is 0.496.